The number of ether oxygens (including phenoxy) is 1. The number of ketones is 1. The van der Waals surface area contributed by atoms with E-state index in [1.165, 1.54) is 0 Å². The monoisotopic (exact) mass is 390 g/mol. The Morgan fingerprint density at radius 3 is 2.08 bits per heavy atom. The SMILES string of the molecule is CC1(C)OC(C)(C)C(O)=C(c2cc(-c3ccc(Cl)cc3)ccc2Cl)C1=O. The summed E-state index contributed by atoms with van der Waals surface area (Å²) in [4.78, 5) is 13.0. The van der Waals surface area contributed by atoms with E-state index in [0.29, 0.717) is 15.6 Å². The maximum atomic E-state index is 13.0. The third-order valence-corrected chi connectivity index (χ3v) is 5.09. The van der Waals surface area contributed by atoms with E-state index in [1.807, 2.05) is 24.3 Å². The lowest BCUT2D eigenvalue weighted by atomic mass is 9.82. The van der Waals surface area contributed by atoms with Crippen LogP contribution in [-0.2, 0) is 9.53 Å². The van der Waals surface area contributed by atoms with Gasteiger partial charge in [0.2, 0.25) is 0 Å². The Labute approximate surface area is 163 Å². The topological polar surface area (TPSA) is 46.5 Å². The number of halogens is 2. The van der Waals surface area contributed by atoms with Gasteiger partial charge in [-0.15, -0.1) is 0 Å². The van der Waals surface area contributed by atoms with Crippen molar-refractivity contribution in [2.75, 3.05) is 0 Å². The average Bonchev–Trinajstić information content (AvgIpc) is 2.55. The first kappa shape index (κ1) is 19.0. The summed E-state index contributed by atoms with van der Waals surface area (Å²) in [7, 11) is 0. The van der Waals surface area contributed by atoms with Crippen LogP contribution in [0.2, 0.25) is 10.0 Å². The maximum Gasteiger partial charge on any atom is 0.198 e. The molecule has 3 nitrogen and oxygen atoms in total. The number of hydrogen-bond acceptors (Lipinski definition) is 3. The highest BCUT2D eigenvalue weighted by molar-refractivity contribution is 6.36. The molecule has 1 aliphatic rings. The molecule has 3 rings (SSSR count). The van der Waals surface area contributed by atoms with Crippen molar-refractivity contribution >= 4 is 34.6 Å². The zero-order valence-electron chi connectivity index (χ0n) is 15.1. The Kier molecular flexibility index (Phi) is 4.68. The highest BCUT2D eigenvalue weighted by Crippen LogP contribution is 2.42. The molecule has 26 heavy (non-hydrogen) atoms. The molecule has 0 fully saturated rings. The van der Waals surface area contributed by atoms with Crippen LogP contribution < -0.4 is 0 Å². The summed E-state index contributed by atoms with van der Waals surface area (Å²) < 4.78 is 5.79. The number of aliphatic hydroxyl groups is 1. The molecule has 0 unspecified atom stereocenters. The summed E-state index contributed by atoms with van der Waals surface area (Å²) in [5, 5.41) is 11.8. The molecule has 0 aromatic heterocycles. The maximum absolute atomic E-state index is 13.0. The molecule has 0 atom stereocenters. The minimum absolute atomic E-state index is 0.114. The predicted molar refractivity (Wildman–Crippen MR) is 106 cm³/mol. The lowest BCUT2D eigenvalue weighted by molar-refractivity contribution is -0.158. The molecule has 2 aromatic rings. The smallest absolute Gasteiger partial charge is 0.198 e. The Bertz CT molecular complexity index is 909. The first-order chi connectivity index (χ1) is 12.0. The van der Waals surface area contributed by atoms with Gasteiger partial charge in [-0.3, -0.25) is 4.79 Å². The molecule has 1 heterocycles. The van der Waals surface area contributed by atoms with Crippen LogP contribution in [0.4, 0.5) is 0 Å². The summed E-state index contributed by atoms with van der Waals surface area (Å²) in [5.41, 5.74) is 0.441. The molecular weight excluding hydrogens is 371 g/mol. The van der Waals surface area contributed by atoms with E-state index in [9.17, 15) is 9.90 Å². The number of aliphatic hydroxyl groups excluding tert-OH is 1. The van der Waals surface area contributed by atoms with Crippen LogP contribution >= 0.6 is 23.2 Å². The second-order valence-corrected chi connectivity index (χ2v) is 8.22. The van der Waals surface area contributed by atoms with E-state index in [4.69, 9.17) is 27.9 Å². The highest BCUT2D eigenvalue weighted by Gasteiger charge is 2.47. The van der Waals surface area contributed by atoms with Gasteiger partial charge in [0.25, 0.3) is 0 Å². The van der Waals surface area contributed by atoms with E-state index in [-0.39, 0.29) is 17.1 Å². The van der Waals surface area contributed by atoms with Gasteiger partial charge in [-0.25, -0.2) is 0 Å². The van der Waals surface area contributed by atoms with E-state index >= 15 is 0 Å². The fourth-order valence-electron chi connectivity index (χ4n) is 3.23. The Hall–Kier alpha value is -1.81. The molecule has 136 valence electrons. The van der Waals surface area contributed by atoms with Crippen molar-refractivity contribution in [3.8, 4) is 11.1 Å². The Balaban J connectivity index is 2.21. The minimum atomic E-state index is -1.06. The molecular formula is C21H20Cl2O3. The van der Waals surface area contributed by atoms with Gasteiger partial charge in [-0.1, -0.05) is 41.4 Å². The summed E-state index contributed by atoms with van der Waals surface area (Å²) >= 11 is 12.4. The van der Waals surface area contributed by atoms with Gasteiger partial charge >= 0.3 is 0 Å². The van der Waals surface area contributed by atoms with Crippen molar-refractivity contribution in [1.29, 1.82) is 0 Å². The lowest BCUT2D eigenvalue weighted by Gasteiger charge is -2.40. The van der Waals surface area contributed by atoms with E-state index in [1.54, 1.807) is 45.9 Å². The van der Waals surface area contributed by atoms with Gasteiger partial charge in [-0.05, 0) is 63.1 Å². The zero-order chi connectivity index (χ0) is 19.3. The quantitative estimate of drug-likeness (QED) is 0.674. The molecule has 1 aliphatic heterocycles. The van der Waals surface area contributed by atoms with Crippen LogP contribution in [0.15, 0.2) is 48.2 Å². The summed E-state index contributed by atoms with van der Waals surface area (Å²) in [6.45, 7) is 6.85. The fraction of sp³-hybridized carbons (Fsp3) is 0.286. The van der Waals surface area contributed by atoms with Gasteiger partial charge in [0.1, 0.15) is 17.0 Å². The molecule has 0 saturated carbocycles. The summed E-state index contributed by atoms with van der Waals surface area (Å²) in [5.74, 6) is -0.415. The lowest BCUT2D eigenvalue weighted by Crippen LogP contribution is -2.49. The van der Waals surface area contributed by atoms with Crippen molar-refractivity contribution in [3.63, 3.8) is 0 Å². The second kappa shape index (κ2) is 6.41. The molecule has 0 aliphatic carbocycles. The number of hydrogen-bond donors (Lipinski definition) is 1. The van der Waals surface area contributed by atoms with Crippen LogP contribution in [0.3, 0.4) is 0 Å². The number of carbonyl (C=O) groups is 1. The molecule has 5 heteroatoms. The van der Waals surface area contributed by atoms with Crippen molar-refractivity contribution < 1.29 is 14.6 Å². The van der Waals surface area contributed by atoms with E-state index < -0.39 is 11.2 Å². The molecule has 0 bridgehead atoms. The third-order valence-electron chi connectivity index (χ3n) is 4.50. The largest absolute Gasteiger partial charge is 0.508 e. The fourth-order valence-corrected chi connectivity index (χ4v) is 3.57. The molecule has 2 aromatic carbocycles. The van der Waals surface area contributed by atoms with Gasteiger partial charge in [-0.2, -0.15) is 0 Å². The average molecular weight is 391 g/mol. The van der Waals surface area contributed by atoms with Crippen LogP contribution in [0.5, 0.6) is 0 Å². The number of Topliss-reactive ketones (excluding diaryl/α,β-unsaturated/α-hetero) is 1. The molecule has 0 spiro atoms. The zero-order valence-corrected chi connectivity index (χ0v) is 16.6. The van der Waals surface area contributed by atoms with Gasteiger partial charge < -0.3 is 9.84 Å². The van der Waals surface area contributed by atoms with Gasteiger partial charge in [0.15, 0.2) is 5.78 Å². The molecule has 0 amide bonds. The number of carbonyl (C=O) groups excluding carboxylic acids is 1. The molecule has 1 N–H and O–H groups in total. The Morgan fingerprint density at radius 1 is 0.885 bits per heavy atom. The van der Waals surface area contributed by atoms with Crippen LogP contribution in [0, 0.1) is 0 Å². The van der Waals surface area contributed by atoms with E-state index in [2.05, 4.69) is 0 Å². The van der Waals surface area contributed by atoms with Gasteiger partial charge in [0, 0.05) is 15.6 Å². The predicted octanol–water partition coefficient (Wildman–Crippen LogP) is 6.09. The van der Waals surface area contributed by atoms with Crippen molar-refractivity contribution in [2.45, 2.75) is 38.9 Å². The van der Waals surface area contributed by atoms with E-state index in [0.717, 1.165) is 11.1 Å². The normalized spacial score (nSPS) is 18.9. The number of rotatable bonds is 2. The van der Waals surface area contributed by atoms with Gasteiger partial charge in [0.05, 0.1) is 5.57 Å². The van der Waals surface area contributed by atoms with Crippen LogP contribution in [0.25, 0.3) is 16.7 Å². The summed E-state index contributed by atoms with van der Waals surface area (Å²) in [6.07, 6.45) is 0. The summed E-state index contributed by atoms with van der Waals surface area (Å²) in [6, 6.07) is 12.8. The van der Waals surface area contributed by atoms with Crippen molar-refractivity contribution in [1.82, 2.24) is 0 Å². The molecule has 0 saturated heterocycles. The third kappa shape index (κ3) is 3.27. The minimum Gasteiger partial charge on any atom is -0.508 e. The second-order valence-electron chi connectivity index (χ2n) is 7.38. The Morgan fingerprint density at radius 2 is 1.46 bits per heavy atom. The standard InChI is InChI=1S/C21H20Cl2O3/c1-20(2)18(24)17(19(25)21(3,4)26-20)15-11-13(7-10-16(15)23)12-5-8-14(22)9-6-12/h5-11,24H,1-4H3. The van der Waals surface area contributed by atoms with Crippen LogP contribution in [0.1, 0.15) is 33.3 Å². The number of benzene rings is 2. The van der Waals surface area contributed by atoms with Crippen molar-refractivity contribution in [3.05, 3.63) is 63.8 Å². The van der Waals surface area contributed by atoms with Crippen molar-refractivity contribution in [2.24, 2.45) is 0 Å². The first-order valence-corrected chi connectivity index (χ1v) is 9.03. The highest BCUT2D eigenvalue weighted by atomic mass is 35.5. The first-order valence-electron chi connectivity index (χ1n) is 8.27. The molecule has 0 radical (unpaired) electrons. The van der Waals surface area contributed by atoms with Crippen LogP contribution in [-0.4, -0.2) is 22.1 Å².